The van der Waals surface area contributed by atoms with Crippen molar-refractivity contribution < 1.29 is 14.4 Å². The second kappa shape index (κ2) is 10.8. The molecule has 2 aromatic carbocycles. The maximum absolute atomic E-state index is 14.3. The quantitative estimate of drug-likeness (QED) is 0.323. The first-order valence-electron chi connectivity index (χ1n) is 16.2. The minimum atomic E-state index is -0.165. The molecule has 2 fully saturated rings. The average Bonchev–Trinajstić information content (AvgIpc) is 2.99. The van der Waals surface area contributed by atoms with E-state index in [4.69, 9.17) is 5.73 Å². The number of nitrogens with one attached hydrogen (secondary N) is 1. The Morgan fingerprint density at radius 1 is 0.833 bits per heavy atom. The summed E-state index contributed by atoms with van der Waals surface area (Å²) < 4.78 is 0. The summed E-state index contributed by atoms with van der Waals surface area (Å²) >= 11 is 0. The summed E-state index contributed by atoms with van der Waals surface area (Å²) in [6.45, 7) is 6.48. The number of amides is 3. The number of rotatable bonds is 4. The topological polar surface area (TPSA) is 92.5 Å². The molecule has 0 radical (unpaired) electrons. The van der Waals surface area contributed by atoms with E-state index in [-0.39, 0.29) is 52.2 Å². The van der Waals surface area contributed by atoms with Gasteiger partial charge in [-0.1, -0.05) is 45.7 Å². The number of carbonyl (C=O) groups excluding carboxylic acids is 3. The minimum Gasteiger partial charge on any atom is -0.399 e. The molecule has 6 atom stereocenters. The van der Waals surface area contributed by atoms with E-state index in [9.17, 15) is 14.4 Å². The van der Waals surface area contributed by atoms with Gasteiger partial charge in [0.25, 0.3) is 0 Å². The summed E-state index contributed by atoms with van der Waals surface area (Å²) in [4.78, 5) is 42.1. The molecule has 3 amide bonds. The van der Waals surface area contributed by atoms with Crippen molar-refractivity contribution in [1.82, 2.24) is 4.90 Å². The summed E-state index contributed by atoms with van der Waals surface area (Å²) in [6.07, 6.45) is 9.93. The first-order valence-corrected chi connectivity index (χ1v) is 16.2. The van der Waals surface area contributed by atoms with Gasteiger partial charge >= 0.3 is 0 Å². The normalized spacial score (nSPS) is 31.5. The van der Waals surface area contributed by atoms with Gasteiger partial charge in [-0.3, -0.25) is 19.3 Å². The highest BCUT2D eigenvalue weighted by Crippen LogP contribution is 2.55. The van der Waals surface area contributed by atoms with Crippen LogP contribution in [0.4, 0.5) is 11.4 Å². The number of aryl methyl sites for hydroxylation is 2. The molecule has 0 saturated heterocycles. The first kappa shape index (κ1) is 28.9. The fourth-order valence-electron chi connectivity index (χ4n) is 9.56. The van der Waals surface area contributed by atoms with Crippen LogP contribution in [0.25, 0.3) is 0 Å². The molecule has 4 aliphatic carbocycles. The fourth-order valence-corrected chi connectivity index (χ4v) is 9.56. The van der Waals surface area contributed by atoms with E-state index in [1.807, 2.05) is 19.1 Å². The van der Waals surface area contributed by atoms with Gasteiger partial charge in [-0.25, -0.2) is 0 Å². The highest BCUT2D eigenvalue weighted by atomic mass is 16.2. The van der Waals surface area contributed by atoms with Crippen LogP contribution in [0.2, 0.25) is 0 Å². The summed E-state index contributed by atoms with van der Waals surface area (Å²) in [7, 11) is 1.74. The maximum atomic E-state index is 14.3. The van der Waals surface area contributed by atoms with Gasteiger partial charge in [0.2, 0.25) is 17.7 Å². The Morgan fingerprint density at radius 3 is 1.90 bits per heavy atom. The van der Waals surface area contributed by atoms with Crippen LogP contribution < -0.4 is 11.1 Å². The molecule has 0 bridgehead atoms. The van der Waals surface area contributed by atoms with E-state index >= 15 is 0 Å². The van der Waals surface area contributed by atoms with Gasteiger partial charge in [0.05, 0.1) is 0 Å². The molecule has 6 heteroatoms. The molecule has 6 nitrogen and oxygen atoms in total. The zero-order chi connectivity index (χ0) is 29.8. The van der Waals surface area contributed by atoms with Crippen LogP contribution in [0, 0.1) is 23.7 Å². The van der Waals surface area contributed by atoms with Gasteiger partial charge in [0.15, 0.2) is 0 Å². The zero-order valence-electron chi connectivity index (χ0n) is 25.8. The van der Waals surface area contributed by atoms with E-state index in [2.05, 4.69) is 43.4 Å². The standard InChI is InChI=1S/C36H47N3O3/c1-5-32(40)38-25-15-11-23-13-17-29-27(9-7-19-36(29,3)31(23)21-25)34(42)39(4)33(41)26-8-6-18-35(2)28(26)16-12-22-10-14-24(37)20-30(22)35/h10-11,14-15,20-21,26-29H,5-9,12-13,16-19,37H2,1-4H3,(H,38,40)/t26?,27?,28?,29?,35?,36-/m0/s1. The van der Waals surface area contributed by atoms with Crippen molar-refractivity contribution in [2.45, 2.75) is 102 Å². The fraction of sp³-hybridized carbons (Fsp3) is 0.583. The molecule has 224 valence electrons. The summed E-state index contributed by atoms with van der Waals surface area (Å²) in [5, 5.41) is 3.03. The van der Waals surface area contributed by atoms with Crippen LogP contribution in [-0.4, -0.2) is 29.7 Å². The number of carbonyl (C=O) groups is 3. The van der Waals surface area contributed by atoms with E-state index in [1.54, 1.807) is 7.05 Å². The first-order chi connectivity index (χ1) is 20.1. The van der Waals surface area contributed by atoms with E-state index in [1.165, 1.54) is 27.2 Å². The lowest BCUT2D eigenvalue weighted by Crippen LogP contribution is -2.53. The van der Waals surface area contributed by atoms with Crippen LogP contribution in [-0.2, 0) is 38.1 Å². The molecular formula is C36H47N3O3. The molecule has 5 unspecified atom stereocenters. The Morgan fingerprint density at radius 2 is 1.36 bits per heavy atom. The number of anilines is 2. The van der Waals surface area contributed by atoms with Crippen LogP contribution in [0.1, 0.15) is 101 Å². The van der Waals surface area contributed by atoms with Gasteiger partial charge in [-0.15, -0.1) is 0 Å². The second-order valence-corrected chi connectivity index (χ2v) is 14.0. The van der Waals surface area contributed by atoms with Crippen LogP contribution in [0.5, 0.6) is 0 Å². The van der Waals surface area contributed by atoms with Crippen LogP contribution in [0.15, 0.2) is 36.4 Å². The largest absolute Gasteiger partial charge is 0.399 e. The van der Waals surface area contributed by atoms with Gasteiger partial charge < -0.3 is 11.1 Å². The molecule has 6 rings (SSSR count). The predicted molar refractivity (Wildman–Crippen MR) is 167 cm³/mol. The third-order valence-electron chi connectivity index (χ3n) is 11.9. The Labute approximate surface area is 250 Å². The van der Waals surface area contributed by atoms with Gasteiger partial charge in [-0.05, 0) is 121 Å². The van der Waals surface area contributed by atoms with Gasteiger partial charge in [0.1, 0.15) is 0 Å². The van der Waals surface area contributed by atoms with Gasteiger partial charge in [0, 0.05) is 36.7 Å². The molecule has 4 aliphatic rings. The van der Waals surface area contributed by atoms with E-state index < -0.39 is 0 Å². The number of benzene rings is 2. The Balaban J connectivity index is 1.24. The molecule has 0 aromatic heterocycles. The van der Waals surface area contributed by atoms with Crippen molar-refractivity contribution in [3.05, 3.63) is 58.7 Å². The predicted octanol–water partition coefficient (Wildman–Crippen LogP) is 6.54. The summed E-state index contributed by atoms with van der Waals surface area (Å²) in [6, 6.07) is 12.6. The molecule has 0 spiro atoms. The SMILES string of the molecule is CCC(=O)Nc1ccc2c(c1)[C@@]1(C)CCCC(C(=O)N(C)C(=O)C3CCCC4(C)c5cc(N)ccc5CCC34)C1CC2. The summed E-state index contributed by atoms with van der Waals surface area (Å²) in [5.41, 5.74) is 12.8. The van der Waals surface area contributed by atoms with Crippen molar-refractivity contribution in [3.8, 4) is 0 Å². The smallest absolute Gasteiger partial charge is 0.232 e. The number of nitrogens with zero attached hydrogens (tertiary/aromatic N) is 1. The minimum absolute atomic E-state index is 0.00236. The number of nitrogens with two attached hydrogens (primary N) is 1. The lowest BCUT2D eigenvalue weighted by molar-refractivity contribution is -0.154. The third-order valence-corrected chi connectivity index (χ3v) is 11.9. The van der Waals surface area contributed by atoms with Gasteiger partial charge in [-0.2, -0.15) is 0 Å². The summed E-state index contributed by atoms with van der Waals surface area (Å²) in [5.74, 6) is 0.116. The maximum Gasteiger partial charge on any atom is 0.232 e. The number of hydrogen-bond acceptors (Lipinski definition) is 4. The Hall–Kier alpha value is -3.15. The lowest BCUT2D eigenvalue weighted by atomic mass is 9.54. The van der Waals surface area contributed by atoms with Crippen molar-refractivity contribution >= 4 is 29.1 Å². The average molecular weight is 570 g/mol. The van der Waals surface area contributed by atoms with Crippen LogP contribution >= 0.6 is 0 Å². The highest BCUT2D eigenvalue weighted by Gasteiger charge is 2.52. The van der Waals surface area contributed by atoms with Crippen LogP contribution in [0.3, 0.4) is 0 Å². The molecule has 0 heterocycles. The molecule has 2 saturated carbocycles. The number of fused-ring (bicyclic) bond motifs is 6. The number of nitrogen functional groups attached to an aromatic ring is 1. The Kier molecular flexibility index (Phi) is 7.47. The van der Waals surface area contributed by atoms with E-state index in [0.29, 0.717) is 6.42 Å². The lowest BCUT2D eigenvalue weighted by Gasteiger charge is -2.51. The van der Waals surface area contributed by atoms with E-state index in [0.717, 1.165) is 75.6 Å². The third kappa shape index (κ3) is 4.66. The van der Waals surface area contributed by atoms with Crippen molar-refractivity contribution in [2.75, 3.05) is 18.1 Å². The number of hydrogen-bond donors (Lipinski definition) is 2. The molecule has 0 aliphatic heterocycles. The van der Waals surface area contributed by atoms with Crippen molar-refractivity contribution in [1.29, 1.82) is 0 Å². The zero-order valence-corrected chi connectivity index (χ0v) is 25.8. The Bertz CT molecular complexity index is 1420. The molecule has 42 heavy (non-hydrogen) atoms. The molecule has 3 N–H and O–H groups in total. The monoisotopic (exact) mass is 569 g/mol. The number of imide groups is 1. The molecular weight excluding hydrogens is 522 g/mol. The van der Waals surface area contributed by atoms with Crippen molar-refractivity contribution in [2.24, 2.45) is 23.7 Å². The highest BCUT2D eigenvalue weighted by molar-refractivity contribution is 5.97. The second-order valence-electron chi connectivity index (χ2n) is 14.0. The molecule has 2 aromatic rings. The van der Waals surface area contributed by atoms with Crippen molar-refractivity contribution in [3.63, 3.8) is 0 Å².